The molecule has 0 aliphatic carbocycles. The second-order valence-electron chi connectivity index (χ2n) is 5.85. The number of nitrogens with zero attached hydrogens (tertiary/aromatic N) is 4. The zero-order valence-electron chi connectivity index (χ0n) is 13.1. The lowest BCUT2D eigenvalue weighted by Gasteiger charge is -2.34. The highest BCUT2D eigenvalue weighted by Crippen LogP contribution is 2.11. The first-order valence-electron chi connectivity index (χ1n) is 7.90. The maximum Gasteiger partial charge on any atom is 0.176 e. The van der Waals surface area contributed by atoms with Gasteiger partial charge in [-0.3, -0.25) is 14.6 Å². The largest absolute Gasteiger partial charge is 0.336 e. The van der Waals surface area contributed by atoms with E-state index in [1.54, 1.807) is 30.5 Å². The van der Waals surface area contributed by atoms with Gasteiger partial charge in [0, 0.05) is 62.2 Å². The molecular formula is C17H21ClN4O. The predicted octanol–water partition coefficient (Wildman–Crippen LogP) is 2.04. The lowest BCUT2D eigenvalue weighted by molar-refractivity contribution is 0.0848. The van der Waals surface area contributed by atoms with Crippen LogP contribution in [0.2, 0.25) is 5.02 Å². The van der Waals surface area contributed by atoms with Crippen LogP contribution in [0.4, 0.5) is 0 Å². The van der Waals surface area contributed by atoms with Crippen LogP contribution in [0.15, 0.2) is 43.0 Å². The van der Waals surface area contributed by atoms with Gasteiger partial charge in [-0.15, -0.1) is 0 Å². The predicted molar refractivity (Wildman–Crippen MR) is 90.9 cm³/mol. The van der Waals surface area contributed by atoms with Crippen LogP contribution in [0.25, 0.3) is 0 Å². The molecule has 1 aromatic carbocycles. The van der Waals surface area contributed by atoms with Gasteiger partial charge in [-0.05, 0) is 24.3 Å². The number of hydrogen-bond donors (Lipinski definition) is 0. The van der Waals surface area contributed by atoms with Gasteiger partial charge in [-0.1, -0.05) is 11.6 Å². The topological polar surface area (TPSA) is 41.4 Å². The quantitative estimate of drug-likeness (QED) is 0.759. The molecule has 2 heterocycles. The molecule has 0 bridgehead atoms. The first-order valence-corrected chi connectivity index (χ1v) is 8.28. The van der Waals surface area contributed by atoms with Gasteiger partial charge in [0.2, 0.25) is 0 Å². The van der Waals surface area contributed by atoms with Crippen LogP contribution in [-0.2, 0) is 6.54 Å². The molecular weight excluding hydrogens is 312 g/mol. The number of piperazine rings is 1. The molecule has 1 fully saturated rings. The van der Waals surface area contributed by atoms with Gasteiger partial charge in [-0.2, -0.15) is 0 Å². The monoisotopic (exact) mass is 332 g/mol. The van der Waals surface area contributed by atoms with Crippen molar-refractivity contribution in [1.29, 1.82) is 0 Å². The lowest BCUT2D eigenvalue weighted by Crippen LogP contribution is -2.48. The summed E-state index contributed by atoms with van der Waals surface area (Å²) in [7, 11) is 0. The van der Waals surface area contributed by atoms with Gasteiger partial charge in [0.1, 0.15) is 0 Å². The molecule has 0 saturated carbocycles. The van der Waals surface area contributed by atoms with Crippen LogP contribution in [0, 0.1) is 0 Å². The van der Waals surface area contributed by atoms with Gasteiger partial charge >= 0.3 is 0 Å². The fraction of sp³-hybridized carbons (Fsp3) is 0.412. The number of ketones is 1. The molecule has 6 heteroatoms. The van der Waals surface area contributed by atoms with Crippen LogP contribution in [0.5, 0.6) is 0 Å². The van der Waals surface area contributed by atoms with Crippen LogP contribution >= 0.6 is 11.6 Å². The van der Waals surface area contributed by atoms with E-state index in [1.165, 1.54) is 0 Å². The third-order valence-electron chi connectivity index (χ3n) is 4.23. The summed E-state index contributed by atoms with van der Waals surface area (Å²) in [6.07, 6.45) is 5.64. The van der Waals surface area contributed by atoms with E-state index in [-0.39, 0.29) is 5.78 Å². The highest BCUT2D eigenvalue weighted by molar-refractivity contribution is 6.30. The first-order chi connectivity index (χ1) is 11.2. The smallest absolute Gasteiger partial charge is 0.176 e. The summed E-state index contributed by atoms with van der Waals surface area (Å²) in [4.78, 5) is 21.0. The molecule has 2 aromatic rings. The Hall–Kier alpha value is -1.69. The third kappa shape index (κ3) is 4.64. The van der Waals surface area contributed by atoms with E-state index in [1.807, 2.05) is 12.5 Å². The Morgan fingerprint density at radius 1 is 1.04 bits per heavy atom. The Morgan fingerprint density at radius 2 is 1.74 bits per heavy atom. The van der Waals surface area contributed by atoms with Crippen molar-refractivity contribution in [3.8, 4) is 0 Å². The summed E-state index contributed by atoms with van der Waals surface area (Å²) in [6.45, 7) is 6.34. The van der Waals surface area contributed by atoms with Crippen molar-refractivity contribution < 1.29 is 4.79 Å². The molecule has 0 spiro atoms. The number of halogens is 1. The highest BCUT2D eigenvalue weighted by atomic mass is 35.5. The molecule has 1 aromatic heterocycles. The molecule has 5 nitrogen and oxygen atoms in total. The van der Waals surface area contributed by atoms with E-state index in [0.29, 0.717) is 11.6 Å². The SMILES string of the molecule is O=C(CN1CCN(CCn2ccnc2)CC1)c1ccc(Cl)cc1. The standard InChI is InChI=1S/C17H21ClN4O/c18-16-3-1-15(2-4-16)17(23)13-21-10-7-20(8-11-21)9-12-22-6-5-19-14-22/h1-6,14H,7-13H2. The first kappa shape index (κ1) is 16.2. The Morgan fingerprint density at radius 3 is 2.39 bits per heavy atom. The van der Waals surface area contributed by atoms with Gasteiger partial charge in [-0.25, -0.2) is 4.98 Å². The minimum atomic E-state index is 0.161. The van der Waals surface area contributed by atoms with Gasteiger partial charge < -0.3 is 4.57 Å². The maximum absolute atomic E-state index is 12.3. The van der Waals surface area contributed by atoms with Gasteiger partial charge in [0.25, 0.3) is 0 Å². The molecule has 0 N–H and O–H groups in total. The van der Waals surface area contributed by atoms with Crippen molar-refractivity contribution in [3.05, 3.63) is 53.6 Å². The minimum absolute atomic E-state index is 0.161. The fourth-order valence-corrected chi connectivity index (χ4v) is 2.90. The van der Waals surface area contributed by atoms with Crippen LogP contribution in [0.3, 0.4) is 0 Å². The molecule has 23 heavy (non-hydrogen) atoms. The van der Waals surface area contributed by atoms with E-state index in [2.05, 4.69) is 19.4 Å². The molecule has 3 rings (SSSR count). The summed E-state index contributed by atoms with van der Waals surface area (Å²) in [5, 5.41) is 0.660. The lowest BCUT2D eigenvalue weighted by atomic mass is 10.1. The van der Waals surface area contributed by atoms with Crippen molar-refractivity contribution in [2.75, 3.05) is 39.3 Å². The summed E-state index contributed by atoms with van der Waals surface area (Å²) in [5.41, 5.74) is 0.733. The summed E-state index contributed by atoms with van der Waals surface area (Å²) >= 11 is 5.86. The molecule has 0 atom stereocenters. The van der Waals surface area contributed by atoms with Crippen molar-refractivity contribution in [2.24, 2.45) is 0 Å². The van der Waals surface area contributed by atoms with E-state index >= 15 is 0 Å². The maximum atomic E-state index is 12.3. The number of hydrogen-bond acceptors (Lipinski definition) is 4. The van der Waals surface area contributed by atoms with E-state index in [0.717, 1.165) is 44.8 Å². The van der Waals surface area contributed by atoms with E-state index in [9.17, 15) is 4.79 Å². The van der Waals surface area contributed by atoms with E-state index in [4.69, 9.17) is 11.6 Å². The second-order valence-corrected chi connectivity index (χ2v) is 6.28. The van der Waals surface area contributed by atoms with Crippen LogP contribution < -0.4 is 0 Å². The second kappa shape index (κ2) is 7.73. The van der Waals surface area contributed by atoms with Crippen molar-refractivity contribution in [3.63, 3.8) is 0 Å². The molecule has 0 unspecified atom stereocenters. The number of rotatable bonds is 6. The zero-order chi connectivity index (χ0) is 16.1. The van der Waals surface area contributed by atoms with Crippen LogP contribution in [0.1, 0.15) is 10.4 Å². The number of aromatic nitrogens is 2. The van der Waals surface area contributed by atoms with Crippen LogP contribution in [-0.4, -0.2) is 64.4 Å². The number of carbonyl (C=O) groups excluding carboxylic acids is 1. The van der Waals surface area contributed by atoms with Gasteiger partial charge in [0.05, 0.1) is 12.9 Å². The zero-order valence-corrected chi connectivity index (χ0v) is 13.8. The van der Waals surface area contributed by atoms with Crippen molar-refractivity contribution in [1.82, 2.24) is 19.4 Å². The summed E-state index contributed by atoms with van der Waals surface area (Å²) < 4.78 is 2.09. The number of benzene rings is 1. The minimum Gasteiger partial charge on any atom is -0.336 e. The Bertz CT molecular complexity index is 619. The normalized spacial score (nSPS) is 16.6. The summed E-state index contributed by atoms with van der Waals surface area (Å²) in [5.74, 6) is 0.161. The molecule has 1 aliphatic rings. The molecule has 1 saturated heterocycles. The van der Waals surface area contributed by atoms with E-state index < -0.39 is 0 Å². The third-order valence-corrected chi connectivity index (χ3v) is 4.48. The average Bonchev–Trinajstić information content (AvgIpc) is 3.08. The molecule has 122 valence electrons. The average molecular weight is 333 g/mol. The Kier molecular flexibility index (Phi) is 5.43. The number of imidazole rings is 1. The number of Topliss-reactive ketones (excluding diaryl/α,β-unsaturated/α-hetero) is 1. The van der Waals surface area contributed by atoms with Gasteiger partial charge in [0.15, 0.2) is 5.78 Å². The van der Waals surface area contributed by atoms with Crippen molar-refractivity contribution >= 4 is 17.4 Å². The Labute approximate surface area is 141 Å². The molecule has 1 aliphatic heterocycles. The Balaban J connectivity index is 1.42. The van der Waals surface area contributed by atoms with Crippen molar-refractivity contribution in [2.45, 2.75) is 6.54 Å². The number of carbonyl (C=O) groups is 1. The highest BCUT2D eigenvalue weighted by Gasteiger charge is 2.19. The molecule has 0 radical (unpaired) electrons. The summed E-state index contributed by atoms with van der Waals surface area (Å²) in [6, 6.07) is 7.13. The fourth-order valence-electron chi connectivity index (χ4n) is 2.78. The molecule has 0 amide bonds.